The van der Waals surface area contributed by atoms with Crippen molar-refractivity contribution in [2.45, 2.75) is 4.90 Å². The summed E-state index contributed by atoms with van der Waals surface area (Å²) < 4.78 is 4.50. The molecule has 0 saturated carbocycles. The molecule has 1 saturated heterocycles. The quantitative estimate of drug-likeness (QED) is 0.445. The summed E-state index contributed by atoms with van der Waals surface area (Å²) in [4.78, 5) is 1.02. The fraction of sp³-hybridized carbons (Fsp3) is 0.250. The Morgan fingerprint density at radius 1 is 1.10 bits per heavy atom. The highest BCUT2D eigenvalue weighted by atomic mass is 32.1. The lowest BCUT2D eigenvalue weighted by Crippen LogP contribution is -1.56. The third-order valence-corrected chi connectivity index (χ3v) is 1.26. The van der Waals surface area contributed by atoms with Crippen LogP contribution in [0.15, 0.2) is 35.2 Å². The molecule has 2 rings (SSSR count). The standard InChI is InChI=1S/C6H6S.C2H4O/c7-6-4-2-1-3-5-6;1-2-3-1/h1-5,7H;1-2H2. The van der Waals surface area contributed by atoms with Gasteiger partial charge < -0.3 is 4.74 Å². The number of hydrogen-bond acceptors (Lipinski definition) is 2. The molecule has 1 aliphatic heterocycles. The average Bonchev–Trinajstić information content (AvgIpc) is 2.73. The first-order valence-electron chi connectivity index (χ1n) is 3.21. The zero-order chi connectivity index (χ0) is 7.23. The van der Waals surface area contributed by atoms with Crippen molar-refractivity contribution in [1.82, 2.24) is 0 Å². The molecule has 0 atom stereocenters. The Morgan fingerprint density at radius 2 is 1.60 bits per heavy atom. The van der Waals surface area contributed by atoms with Gasteiger partial charge in [0, 0.05) is 4.90 Å². The molecule has 1 aliphatic rings. The predicted octanol–water partition coefficient (Wildman–Crippen LogP) is 1.99. The normalized spacial score (nSPS) is 13.3. The number of hydrogen-bond donors (Lipinski definition) is 1. The molecule has 0 radical (unpaired) electrons. The fourth-order valence-corrected chi connectivity index (χ4v) is 0.600. The van der Waals surface area contributed by atoms with Crippen molar-refractivity contribution < 1.29 is 4.74 Å². The van der Waals surface area contributed by atoms with E-state index in [0.717, 1.165) is 18.1 Å². The molecule has 0 bridgehead atoms. The molecule has 1 heterocycles. The summed E-state index contributed by atoms with van der Waals surface area (Å²) in [7, 11) is 0. The summed E-state index contributed by atoms with van der Waals surface area (Å²) in [6, 6.07) is 9.79. The molecular weight excluding hydrogens is 144 g/mol. The maximum Gasteiger partial charge on any atom is 0.0701 e. The molecule has 1 nitrogen and oxygen atoms in total. The average molecular weight is 154 g/mol. The van der Waals surface area contributed by atoms with E-state index in [1.165, 1.54) is 0 Å². The third kappa shape index (κ3) is 4.41. The van der Waals surface area contributed by atoms with Gasteiger partial charge in [-0.25, -0.2) is 0 Å². The molecule has 0 N–H and O–H groups in total. The zero-order valence-corrected chi connectivity index (χ0v) is 6.55. The van der Waals surface area contributed by atoms with Crippen molar-refractivity contribution >= 4 is 12.6 Å². The molecule has 1 aromatic carbocycles. The third-order valence-electron chi connectivity index (χ3n) is 0.960. The van der Waals surface area contributed by atoms with Crippen LogP contribution < -0.4 is 0 Å². The van der Waals surface area contributed by atoms with Gasteiger partial charge in [0.15, 0.2) is 0 Å². The van der Waals surface area contributed by atoms with Gasteiger partial charge in [-0.05, 0) is 12.1 Å². The van der Waals surface area contributed by atoms with Crippen LogP contribution in [-0.2, 0) is 4.74 Å². The van der Waals surface area contributed by atoms with Crippen LogP contribution in [-0.4, -0.2) is 13.2 Å². The first-order valence-corrected chi connectivity index (χ1v) is 3.66. The fourth-order valence-electron chi connectivity index (χ4n) is 0.428. The van der Waals surface area contributed by atoms with E-state index in [4.69, 9.17) is 0 Å². The predicted molar refractivity (Wildman–Crippen MR) is 44.5 cm³/mol. The number of epoxide rings is 1. The zero-order valence-electron chi connectivity index (χ0n) is 5.66. The molecule has 0 aromatic heterocycles. The second kappa shape index (κ2) is 4.36. The Morgan fingerprint density at radius 3 is 1.80 bits per heavy atom. The Labute approximate surface area is 66.4 Å². The first kappa shape index (κ1) is 7.63. The molecule has 1 fully saturated rings. The SMILES string of the molecule is C1CO1.Sc1ccccc1. The molecule has 2 heteroatoms. The number of rotatable bonds is 0. The van der Waals surface area contributed by atoms with Crippen LogP contribution in [0, 0.1) is 0 Å². The van der Waals surface area contributed by atoms with Crippen LogP contribution in [0.25, 0.3) is 0 Å². The van der Waals surface area contributed by atoms with Crippen LogP contribution in [0.5, 0.6) is 0 Å². The molecule has 0 aliphatic carbocycles. The van der Waals surface area contributed by atoms with Crippen molar-refractivity contribution in [3.8, 4) is 0 Å². The summed E-state index contributed by atoms with van der Waals surface area (Å²) >= 11 is 4.08. The van der Waals surface area contributed by atoms with Gasteiger partial charge in [0.1, 0.15) is 0 Å². The van der Waals surface area contributed by atoms with Crippen molar-refractivity contribution in [3.05, 3.63) is 30.3 Å². The summed E-state index contributed by atoms with van der Waals surface area (Å²) in [5.74, 6) is 0. The molecule has 1 aromatic rings. The van der Waals surface area contributed by atoms with Gasteiger partial charge in [-0.3, -0.25) is 0 Å². The molecular formula is C8H10OS. The van der Waals surface area contributed by atoms with Gasteiger partial charge >= 0.3 is 0 Å². The van der Waals surface area contributed by atoms with E-state index in [2.05, 4.69) is 17.4 Å². The van der Waals surface area contributed by atoms with E-state index >= 15 is 0 Å². The topological polar surface area (TPSA) is 12.5 Å². The monoisotopic (exact) mass is 154 g/mol. The van der Waals surface area contributed by atoms with E-state index in [1.807, 2.05) is 30.3 Å². The Kier molecular flexibility index (Phi) is 3.33. The van der Waals surface area contributed by atoms with Crippen LogP contribution in [0.3, 0.4) is 0 Å². The molecule has 0 spiro atoms. The summed E-state index contributed by atoms with van der Waals surface area (Å²) in [5, 5.41) is 0. The summed E-state index contributed by atoms with van der Waals surface area (Å²) in [5.41, 5.74) is 0. The number of benzene rings is 1. The van der Waals surface area contributed by atoms with Crippen LogP contribution in [0.1, 0.15) is 0 Å². The van der Waals surface area contributed by atoms with Crippen LogP contribution in [0.4, 0.5) is 0 Å². The Balaban J connectivity index is 0.000000138. The van der Waals surface area contributed by atoms with Gasteiger partial charge in [-0.1, -0.05) is 18.2 Å². The highest BCUT2D eigenvalue weighted by molar-refractivity contribution is 7.80. The van der Waals surface area contributed by atoms with Crippen molar-refractivity contribution in [3.63, 3.8) is 0 Å². The minimum Gasteiger partial charge on any atom is -0.377 e. The lowest BCUT2D eigenvalue weighted by Gasteiger charge is -1.81. The summed E-state index contributed by atoms with van der Waals surface area (Å²) in [6.45, 7) is 2.00. The molecule has 10 heavy (non-hydrogen) atoms. The van der Waals surface area contributed by atoms with E-state index in [1.54, 1.807) is 0 Å². The van der Waals surface area contributed by atoms with Gasteiger partial charge in [-0.15, -0.1) is 12.6 Å². The maximum atomic E-state index is 4.50. The van der Waals surface area contributed by atoms with Gasteiger partial charge in [-0.2, -0.15) is 0 Å². The van der Waals surface area contributed by atoms with E-state index in [0.29, 0.717) is 0 Å². The minimum absolute atomic E-state index is 1.00. The number of thiol groups is 1. The van der Waals surface area contributed by atoms with Gasteiger partial charge in [0.25, 0.3) is 0 Å². The largest absolute Gasteiger partial charge is 0.377 e. The second-order valence-corrected chi connectivity index (χ2v) is 2.46. The Hall–Kier alpha value is -0.470. The van der Waals surface area contributed by atoms with Crippen molar-refractivity contribution in [1.29, 1.82) is 0 Å². The lowest BCUT2D eigenvalue weighted by atomic mass is 10.4. The van der Waals surface area contributed by atoms with Gasteiger partial charge in [0.05, 0.1) is 13.2 Å². The smallest absolute Gasteiger partial charge is 0.0701 e. The van der Waals surface area contributed by atoms with Crippen LogP contribution >= 0.6 is 12.6 Å². The minimum atomic E-state index is 1.00. The molecule has 54 valence electrons. The van der Waals surface area contributed by atoms with Crippen LogP contribution in [0.2, 0.25) is 0 Å². The van der Waals surface area contributed by atoms with E-state index in [-0.39, 0.29) is 0 Å². The van der Waals surface area contributed by atoms with Crippen molar-refractivity contribution in [2.75, 3.05) is 13.2 Å². The second-order valence-electron chi connectivity index (χ2n) is 1.95. The molecule has 0 amide bonds. The Bertz CT molecular complexity index is 169. The highest BCUT2D eigenvalue weighted by Crippen LogP contribution is 2.00. The highest BCUT2D eigenvalue weighted by Gasteiger charge is 1.94. The first-order chi connectivity index (χ1) is 4.89. The van der Waals surface area contributed by atoms with Crippen molar-refractivity contribution in [2.24, 2.45) is 0 Å². The van der Waals surface area contributed by atoms with Gasteiger partial charge in [0.2, 0.25) is 0 Å². The summed E-state index contributed by atoms with van der Waals surface area (Å²) in [6.07, 6.45) is 0. The van der Waals surface area contributed by atoms with E-state index < -0.39 is 0 Å². The number of ether oxygens (including phenoxy) is 1. The van der Waals surface area contributed by atoms with E-state index in [9.17, 15) is 0 Å². The molecule has 0 unspecified atom stereocenters. The maximum absolute atomic E-state index is 4.50. The lowest BCUT2D eigenvalue weighted by molar-refractivity contribution is 0.475.